The molecule has 400 valence electrons. The molecule has 4 atom stereocenters. The van der Waals surface area contributed by atoms with E-state index in [0.717, 1.165) is 93.9 Å². The van der Waals surface area contributed by atoms with E-state index in [-0.39, 0.29) is 64.3 Å². The molecule has 2 amide bonds. The van der Waals surface area contributed by atoms with E-state index >= 15 is 0 Å². The molecule has 4 bridgehead atoms. The Morgan fingerprint density at radius 1 is 0.671 bits per heavy atom. The molecule has 3 N–H and O–H groups in total. The number of anilines is 3. The van der Waals surface area contributed by atoms with E-state index in [0.29, 0.717) is 34.1 Å². The molecule has 8 rings (SSSR count). The highest BCUT2D eigenvalue weighted by atomic mass is 35.5. The molecule has 8 heterocycles. The molecule has 4 saturated heterocycles. The van der Waals surface area contributed by atoms with E-state index in [2.05, 4.69) is 35.2 Å². The van der Waals surface area contributed by atoms with Crippen LogP contribution in [0, 0.1) is 26.7 Å². The third-order valence-electron chi connectivity index (χ3n) is 12.6. The molecule has 0 aliphatic carbocycles. The summed E-state index contributed by atoms with van der Waals surface area (Å²) in [6.45, 7) is 16.8. The van der Waals surface area contributed by atoms with Crippen LogP contribution in [0.3, 0.4) is 0 Å². The first-order valence-corrected chi connectivity index (χ1v) is 28.3. The van der Waals surface area contributed by atoms with Gasteiger partial charge in [0.15, 0.2) is 29.7 Å². The molecule has 4 aliphatic heterocycles. The number of pyridine rings is 2. The van der Waals surface area contributed by atoms with Gasteiger partial charge in [-0.1, -0.05) is 11.6 Å². The maximum atomic E-state index is 12.9. The van der Waals surface area contributed by atoms with Crippen molar-refractivity contribution in [3.8, 4) is 11.8 Å². The minimum Gasteiger partial charge on any atom is -0.474 e. The van der Waals surface area contributed by atoms with Gasteiger partial charge < -0.3 is 39.8 Å². The van der Waals surface area contributed by atoms with E-state index in [4.69, 9.17) is 36.3 Å². The van der Waals surface area contributed by atoms with Crippen molar-refractivity contribution in [1.82, 2.24) is 39.7 Å². The molecule has 4 aliphatic rings. The zero-order valence-electron chi connectivity index (χ0n) is 43.3. The van der Waals surface area contributed by atoms with Gasteiger partial charge >= 0.3 is 12.2 Å². The number of nitrogens with two attached hydrogens (primary N) is 1. The summed E-state index contributed by atoms with van der Waals surface area (Å²) < 4.78 is 81.6. The Balaban J connectivity index is 0.000000202. The summed E-state index contributed by atoms with van der Waals surface area (Å²) in [6.07, 6.45) is 13.5. The molecular weight excluding hydrogens is 1010 g/mol. The lowest BCUT2D eigenvalue weighted by atomic mass is 9.83. The molecule has 4 aromatic heterocycles. The van der Waals surface area contributed by atoms with Gasteiger partial charge in [-0.2, -0.15) is 4.39 Å². The van der Waals surface area contributed by atoms with Crippen LogP contribution in [-0.2, 0) is 29.1 Å². The molecule has 0 spiro atoms. The molecule has 0 saturated carbocycles. The van der Waals surface area contributed by atoms with Crippen molar-refractivity contribution in [2.24, 2.45) is 0 Å². The number of nitrogen functional groups attached to an aromatic ring is 1. The first-order valence-electron chi connectivity index (χ1n) is 24.2. The van der Waals surface area contributed by atoms with Crippen LogP contribution in [0.5, 0.6) is 11.8 Å². The van der Waals surface area contributed by atoms with Crippen LogP contribution in [-0.4, -0.2) is 129 Å². The number of aryl methyl sites for hydroxylation is 1. The highest BCUT2D eigenvalue weighted by Crippen LogP contribution is 2.39. The molecular formula is C49H68ClFN10O10S2. The van der Waals surface area contributed by atoms with Crippen LogP contribution in [0.4, 0.5) is 31.2 Å². The van der Waals surface area contributed by atoms with Gasteiger partial charge in [-0.3, -0.25) is 0 Å². The lowest BCUT2D eigenvalue weighted by Crippen LogP contribution is -2.57. The van der Waals surface area contributed by atoms with Crippen LogP contribution >= 0.6 is 11.6 Å². The number of nitrogens with one attached hydrogen (secondary N) is 1. The number of ether oxygens (including phenoxy) is 4. The number of carbonyl (C=O) groups excluding carboxylic acids is 2. The third-order valence-corrected chi connectivity index (χ3v) is 14.9. The smallest absolute Gasteiger partial charge is 0.410 e. The number of carbonyl (C=O) groups is 2. The number of piperidine rings is 4. The number of hydrogen-bond donors (Lipinski definition) is 2. The topological polar surface area (TPSA) is 261 Å². The standard InChI is InChI=1S/C25H35N5O5S.C18H26ClN3O3.C6H7FN2O2S/c1-15-22(29-20-10-11-21(28-16(20)2)36(6,32)33)26-14-27-23(15)34-19-12-17-8-7-9-18(13-19)30(17)24(31)35-25(3,4)5;1-11-15(19)20-10-21-16(11)24-14-8-12-6-5-7-13(9-14)22(12)17(23)25-18(2,3)4;1-12(10,11)5-3-2-4(8)6(7)9-5/h10-11,14,17-19H,7-9,12-13H2,1-6H3,(H,26,27,29);10,12-14H,5-9H2,1-4H3;2-3H,8H2,1H3. The number of nitrogens with zero attached hydrogens (tertiary/aromatic N) is 8. The zero-order chi connectivity index (χ0) is 53.8. The van der Waals surface area contributed by atoms with Crippen molar-refractivity contribution in [3.05, 3.63) is 64.8 Å². The third kappa shape index (κ3) is 15.2. The van der Waals surface area contributed by atoms with E-state index < -0.39 is 36.8 Å². The highest BCUT2D eigenvalue weighted by molar-refractivity contribution is 7.90. The van der Waals surface area contributed by atoms with Gasteiger partial charge in [0.1, 0.15) is 47.0 Å². The van der Waals surface area contributed by atoms with E-state index in [1.54, 1.807) is 13.0 Å². The van der Waals surface area contributed by atoms with Crippen LogP contribution < -0.4 is 20.5 Å². The predicted molar refractivity (Wildman–Crippen MR) is 272 cm³/mol. The molecule has 73 heavy (non-hydrogen) atoms. The average molecular weight is 1080 g/mol. The fraction of sp³-hybridized carbons (Fsp3) is 0.592. The molecule has 4 fully saturated rings. The first kappa shape index (κ1) is 56.6. The molecule has 4 unspecified atom stereocenters. The second kappa shape index (κ2) is 22.8. The fourth-order valence-corrected chi connectivity index (χ4v) is 10.6. The monoisotopic (exact) mass is 1070 g/mol. The van der Waals surface area contributed by atoms with Crippen LogP contribution in [0.1, 0.15) is 123 Å². The summed E-state index contributed by atoms with van der Waals surface area (Å²) >= 11 is 6.05. The van der Waals surface area contributed by atoms with Gasteiger partial charge in [-0.15, -0.1) is 0 Å². The van der Waals surface area contributed by atoms with Crippen molar-refractivity contribution in [2.75, 3.05) is 23.6 Å². The van der Waals surface area contributed by atoms with Crippen molar-refractivity contribution in [2.45, 2.75) is 184 Å². The minimum atomic E-state index is -3.45. The average Bonchev–Trinajstić information content (AvgIpc) is 3.26. The molecule has 0 radical (unpaired) electrons. The number of aromatic nitrogens is 6. The summed E-state index contributed by atoms with van der Waals surface area (Å²) in [6, 6.07) is 5.95. The summed E-state index contributed by atoms with van der Waals surface area (Å²) in [5, 5.41) is 3.35. The van der Waals surface area contributed by atoms with Crippen LogP contribution in [0.2, 0.25) is 5.15 Å². The lowest BCUT2D eigenvalue weighted by Gasteiger charge is -2.48. The van der Waals surface area contributed by atoms with Crippen molar-refractivity contribution in [1.29, 1.82) is 0 Å². The minimum absolute atomic E-state index is 0.0252. The molecule has 20 nitrogen and oxygen atoms in total. The molecule has 4 aromatic rings. The number of fused-ring (bicyclic) bond motifs is 4. The SMILES string of the molecule is CS(=O)(=O)c1ccc(N)c(F)n1.Cc1c(Cl)ncnc1OC1CC2CCCC(C1)N2C(=O)OC(C)(C)C.Cc1nc(S(C)(=O)=O)ccc1Nc1ncnc(OC2CC3CCCC(C2)N3C(=O)OC(C)(C)C)c1C. The number of sulfone groups is 2. The van der Waals surface area contributed by atoms with Gasteiger partial charge in [0, 0.05) is 67.9 Å². The van der Waals surface area contributed by atoms with Crippen molar-refractivity contribution in [3.63, 3.8) is 0 Å². The summed E-state index contributed by atoms with van der Waals surface area (Å²) in [4.78, 5) is 53.6. The highest BCUT2D eigenvalue weighted by Gasteiger charge is 2.45. The summed E-state index contributed by atoms with van der Waals surface area (Å²) in [7, 11) is -6.84. The number of hydrogen-bond acceptors (Lipinski definition) is 18. The van der Waals surface area contributed by atoms with Gasteiger partial charge in [0.2, 0.25) is 17.7 Å². The normalized spacial score (nSPS) is 21.8. The predicted octanol–water partition coefficient (Wildman–Crippen LogP) is 8.68. The molecule has 24 heteroatoms. The van der Waals surface area contributed by atoms with Gasteiger partial charge in [-0.05, 0) is 125 Å². The number of rotatable bonds is 8. The quantitative estimate of drug-likeness (QED) is 0.123. The maximum absolute atomic E-state index is 12.9. The van der Waals surface area contributed by atoms with Gasteiger partial charge in [-0.25, -0.2) is 56.3 Å². The van der Waals surface area contributed by atoms with Gasteiger partial charge in [0.25, 0.3) is 0 Å². The Kier molecular flexibility index (Phi) is 17.7. The number of halogens is 2. The fourth-order valence-electron chi connectivity index (χ4n) is 9.25. The Bertz CT molecular complexity index is 2840. The second-order valence-electron chi connectivity index (χ2n) is 20.9. The summed E-state index contributed by atoms with van der Waals surface area (Å²) in [5.74, 6) is 0.620. The van der Waals surface area contributed by atoms with E-state index in [9.17, 15) is 30.8 Å². The van der Waals surface area contributed by atoms with Gasteiger partial charge in [0.05, 0.1) is 22.6 Å². The van der Waals surface area contributed by atoms with E-state index in [1.807, 2.05) is 65.2 Å². The Morgan fingerprint density at radius 2 is 1.10 bits per heavy atom. The van der Waals surface area contributed by atoms with Crippen LogP contribution in [0.15, 0.2) is 47.0 Å². The Hall–Kier alpha value is -5.68. The Morgan fingerprint density at radius 3 is 1.52 bits per heavy atom. The number of amides is 2. The molecule has 0 aromatic carbocycles. The maximum Gasteiger partial charge on any atom is 0.410 e. The van der Waals surface area contributed by atoms with Crippen molar-refractivity contribution < 1.29 is 49.8 Å². The lowest BCUT2D eigenvalue weighted by molar-refractivity contribution is -0.0423. The summed E-state index contributed by atoms with van der Waals surface area (Å²) in [5.41, 5.74) is 6.61. The second-order valence-corrected chi connectivity index (χ2v) is 25.2. The largest absolute Gasteiger partial charge is 0.474 e. The zero-order valence-corrected chi connectivity index (χ0v) is 45.7. The first-order chi connectivity index (χ1) is 34.0. The van der Waals surface area contributed by atoms with Crippen LogP contribution in [0.25, 0.3) is 0 Å². The Labute approximate surface area is 432 Å². The van der Waals surface area contributed by atoms with Crippen molar-refractivity contribution >= 4 is 60.7 Å². The van der Waals surface area contributed by atoms with E-state index in [1.165, 1.54) is 24.8 Å².